The highest BCUT2D eigenvalue weighted by Crippen LogP contribution is 2.12. The fourth-order valence-electron chi connectivity index (χ4n) is 1.57. The summed E-state index contributed by atoms with van der Waals surface area (Å²) in [5.74, 6) is -0.608. The second-order valence-electron chi connectivity index (χ2n) is 4.26. The summed E-state index contributed by atoms with van der Waals surface area (Å²) < 4.78 is 31.6. The van der Waals surface area contributed by atoms with Crippen molar-refractivity contribution in [1.29, 1.82) is 0 Å². The van der Waals surface area contributed by atoms with E-state index in [4.69, 9.17) is 4.74 Å². The fraction of sp³-hybridized carbons (Fsp3) is 0.357. The molecule has 0 aromatic heterocycles. The molecule has 1 unspecified atom stereocenters. The lowest BCUT2D eigenvalue weighted by Crippen LogP contribution is -2.41. The van der Waals surface area contributed by atoms with Crippen LogP contribution in [0, 0.1) is 6.92 Å². The Morgan fingerprint density at radius 2 is 2.00 bits per heavy atom. The molecule has 0 saturated heterocycles. The van der Waals surface area contributed by atoms with Gasteiger partial charge in [0.2, 0.25) is 10.0 Å². The van der Waals surface area contributed by atoms with Gasteiger partial charge in [-0.25, -0.2) is 8.42 Å². The van der Waals surface area contributed by atoms with Crippen molar-refractivity contribution in [3.63, 3.8) is 0 Å². The van der Waals surface area contributed by atoms with Gasteiger partial charge in [0.25, 0.3) is 0 Å². The van der Waals surface area contributed by atoms with Crippen LogP contribution in [0.5, 0.6) is 0 Å². The predicted octanol–water partition coefficient (Wildman–Crippen LogP) is 1.78. The van der Waals surface area contributed by atoms with Gasteiger partial charge in [-0.3, -0.25) is 4.79 Å². The lowest BCUT2D eigenvalue weighted by atomic mass is 10.2. The number of rotatable bonds is 7. The van der Waals surface area contributed by atoms with Crippen molar-refractivity contribution in [3.05, 3.63) is 42.5 Å². The molecule has 110 valence electrons. The third-order valence-electron chi connectivity index (χ3n) is 2.60. The van der Waals surface area contributed by atoms with E-state index in [1.54, 1.807) is 19.1 Å². The quantitative estimate of drug-likeness (QED) is 0.615. The van der Waals surface area contributed by atoms with Crippen LogP contribution >= 0.6 is 0 Å². The number of aryl methyl sites for hydroxylation is 1. The maximum atomic E-state index is 12.2. The molecule has 0 saturated carbocycles. The van der Waals surface area contributed by atoms with Crippen molar-refractivity contribution in [1.82, 2.24) is 4.72 Å². The first-order chi connectivity index (χ1) is 9.40. The summed E-state index contributed by atoms with van der Waals surface area (Å²) in [4.78, 5) is 11.8. The van der Waals surface area contributed by atoms with Crippen molar-refractivity contribution in [2.75, 3.05) is 6.61 Å². The molecule has 0 spiro atoms. The zero-order valence-corrected chi connectivity index (χ0v) is 12.4. The Balaban J connectivity index is 2.93. The van der Waals surface area contributed by atoms with Crippen LogP contribution in [-0.2, 0) is 19.6 Å². The molecule has 1 rings (SSSR count). The molecule has 0 aliphatic rings. The zero-order chi connectivity index (χ0) is 15.2. The van der Waals surface area contributed by atoms with Crippen LogP contribution in [0.15, 0.2) is 41.8 Å². The Bertz CT molecular complexity index is 563. The van der Waals surface area contributed by atoms with E-state index in [9.17, 15) is 13.2 Å². The number of nitrogens with one attached hydrogen (secondary N) is 1. The van der Waals surface area contributed by atoms with Gasteiger partial charge in [-0.05, 0) is 32.4 Å². The number of sulfonamides is 1. The number of carbonyl (C=O) groups is 1. The van der Waals surface area contributed by atoms with Gasteiger partial charge in [-0.2, -0.15) is 4.72 Å². The van der Waals surface area contributed by atoms with Gasteiger partial charge in [-0.1, -0.05) is 23.8 Å². The van der Waals surface area contributed by atoms with Gasteiger partial charge >= 0.3 is 5.97 Å². The largest absolute Gasteiger partial charge is 0.465 e. The molecule has 0 radical (unpaired) electrons. The number of hydrogen-bond donors (Lipinski definition) is 1. The second kappa shape index (κ2) is 7.21. The lowest BCUT2D eigenvalue weighted by Gasteiger charge is -2.16. The minimum Gasteiger partial charge on any atom is -0.465 e. The highest BCUT2D eigenvalue weighted by Gasteiger charge is 2.25. The SMILES string of the molecule is C=CCC(NS(=O)(=O)c1ccc(C)cc1)C(=O)OCC. The molecule has 1 N–H and O–H groups in total. The molecule has 0 amide bonds. The van der Waals surface area contributed by atoms with Crippen LogP contribution in [0.25, 0.3) is 0 Å². The third-order valence-corrected chi connectivity index (χ3v) is 4.09. The highest BCUT2D eigenvalue weighted by atomic mass is 32.2. The Morgan fingerprint density at radius 3 is 2.50 bits per heavy atom. The summed E-state index contributed by atoms with van der Waals surface area (Å²) in [6, 6.07) is 5.42. The zero-order valence-electron chi connectivity index (χ0n) is 11.6. The van der Waals surface area contributed by atoms with E-state index in [1.807, 2.05) is 6.92 Å². The van der Waals surface area contributed by atoms with E-state index >= 15 is 0 Å². The van der Waals surface area contributed by atoms with Crippen molar-refractivity contribution < 1.29 is 17.9 Å². The van der Waals surface area contributed by atoms with Crippen molar-refractivity contribution in [2.24, 2.45) is 0 Å². The van der Waals surface area contributed by atoms with E-state index in [-0.39, 0.29) is 17.9 Å². The van der Waals surface area contributed by atoms with Gasteiger partial charge in [0.15, 0.2) is 0 Å². The summed E-state index contributed by atoms with van der Waals surface area (Å²) in [5.41, 5.74) is 0.956. The molecule has 1 aromatic carbocycles. The van der Waals surface area contributed by atoms with Crippen LogP contribution in [-0.4, -0.2) is 27.0 Å². The molecule has 6 heteroatoms. The molecule has 0 heterocycles. The van der Waals surface area contributed by atoms with E-state index < -0.39 is 22.0 Å². The minimum atomic E-state index is -3.76. The average molecular weight is 297 g/mol. The van der Waals surface area contributed by atoms with Crippen LogP contribution in [0.3, 0.4) is 0 Å². The Hall–Kier alpha value is -1.66. The van der Waals surface area contributed by atoms with Crippen molar-refractivity contribution in [3.8, 4) is 0 Å². The molecular formula is C14H19NO4S. The standard InChI is InChI=1S/C14H19NO4S/c1-4-6-13(14(16)19-5-2)15-20(17,18)12-9-7-11(3)8-10-12/h4,7-10,13,15H,1,5-6H2,2-3H3. The van der Waals surface area contributed by atoms with Gasteiger partial charge in [0.1, 0.15) is 6.04 Å². The fourth-order valence-corrected chi connectivity index (χ4v) is 2.77. The number of hydrogen-bond acceptors (Lipinski definition) is 4. The number of ether oxygens (including phenoxy) is 1. The Morgan fingerprint density at radius 1 is 1.40 bits per heavy atom. The minimum absolute atomic E-state index is 0.112. The molecule has 0 bridgehead atoms. The topological polar surface area (TPSA) is 72.5 Å². The molecule has 1 atom stereocenters. The van der Waals surface area contributed by atoms with E-state index in [1.165, 1.54) is 18.2 Å². The normalized spacial score (nSPS) is 12.7. The van der Waals surface area contributed by atoms with Crippen LogP contribution in [0.2, 0.25) is 0 Å². The maximum absolute atomic E-state index is 12.2. The number of esters is 1. The summed E-state index contributed by atoms with van der Waals surface area (Å²) in [7, 11) is -3.76. The molecule has 0 aliphatic carbocycles. The van der Waals surface area contributed by atoms with E-state index in [0.717, 1.165) is 5.56 Å². The van der Waals surface area contributed by atoms with Gasteiger partial charge in [0, 0.05) is 0 Å². The van der Waals surface area contributed by atoms with Gasteiger partial charge in [-0.15, -0.1) is 6.58 Å². The summed E-state index contributed by atoms with van der Waals surface area (Å²) in [6.45, 7) is 7.24. The number of benzene rings is 1. The molecule has 1 aromatic rings. The van der Waals surface area contributed by atoms with Crippen LogP contribution in [0.1, 0.15) is 18.9 Å². The average Bonchev–Trinajstić information content (AvgIpc) is 2.39. The maximum Gasteiger partial charge on any atom is 0.324 e. The molecular weight excluding hydrogens is 278 g/mol. The lowest BCUT2D eigenvalue weighted by molar-refractivity contribution is -0.145. The van der Waals surface area contributed by atoms with Gasteiger partial charge < -0.3 is 4.74 Å². The third kappa shape index (κ3) is 4.47. The first-order valence-electron chi connectivity index (χ1n) is 6.27. The van der Waals surface area contributed by atoms with Crippen LogP contribution in [0.4, 0.5) is 0 Å². The van der Waals surface area contributed by atoms with Gasteiger partial charge in [0.05, 0.1) is 11.5 Å². The molecule has 5 nitrogen and oxygen atoms in total. The Labute approximate surface area is 119 Å². The van der Waals surface area contributed by atoms with Crippen molar-refractivity contribution in [2.45, 2.75) is 31.2 Å². The van der Waals surface area contributed by atoms with Crippen LogP contribution < -0.4 is 4.72 Å². The smallest absolute Gasteiger partial charge is 0.324 e. The Kier molecular flexibility index (Phi) is 5.91. The predicted molar refractivity (Wildman–Crippen MR) is 76.7 cm³/mol. The molecule has 20 heavy (non-hydrogen) atoms. The summed E-state index contributed by atoms with van der Waals surface area (Å²) in [5, 5.41) is 0. The van der Waals surface area contributed by atoms with E-state index in [0.29, 0.717) is 0 Å². The summed E-state index contributed by atoms with van der Waals surface area (Å²) >= 11 is 0. The monoisotopic (exact) mass is 297 g/mol. The molecule has 0 aliphatic heterocycles. The number of carbonyl (C=O) groups excluding carboxylic acids is 1. The highest BCUT2D eigenvalue weighted by molar-refractivity contribution is 7.89. The second-order valence-corrected chi connectivity index (χ2v) is 5.98. The van der Waals surface area contributed by atoms with E-state index in [2.05, 4.69) is 11.3 Å². The van der Waals surface area contributed by atoms with Crippen molar-refractivity contribution >= 4 is 16.0 Å². The summed E-state index contributed by atoms with van der Waals surface area (Å²) in [6.07, 6.45) is 1.64. The first-order valence-corrected chi connectivity index (χ1v) is 7.75. The molecule has 0 fully saturated rings. The first kappa shape index (κ1) is 16.4.